The Labute approximate surface area is 108 Å². The second kappa shape index (κ2) is 4.98. The lowest BCUT2D eigenvalue weighted by Crippen LogP contribution is -1.97. The molecule has 0 radical (unpaired) electrons. The van der Waals surface area contributed by atoms with Crippen molar-refractivity contribution in [3.63, 3.8) is 0 Å². The molecule has 0 N–H and O–H groups in total. The average Bonchev–Trinajstić information content (AvgIpc) is 2.34. The number of rotatable bonds is 2. The molecule has 90 valence electrons. The lowest BCUT2D eigenvalue weighted by molar-refractivity contribution is 0.409. The molecule has 0 aliphatic rings. The topological polar surface area (TPSA) is 58.8 Å². The fourth-order valence-corrected chi connectivity index (χ4v) is 1.47. The molecule has 18 heavy (non-hydrogen) atoms. The molecule has 0 fully saturated rings. The minimum Gasteiger partial charge on any atom is -0.421 e. The molecule has 0 spiro atoms. The van der Waals surface area contributed by atoms with E-state index in [1.807, 2.05) is 6.07 Å². The third kappa shape index (κ3) is 2.55. The number of nitriles is 1. The predicted molar refractivity (Wildman–Crippen MR) is 63.0 cm³/mol. The van der Waals surface area contributed by atoms with Gasteiger partial charge < -0.3 is 4.74 Å². The molecule has 1 aromatic heterocycles. The van der Waals surface area contributed by atoms with Crippen molar-refractivity contribution in [3.8, 4) is 17.8 Å². The quantitative estimate of drug-likeness (QED) is 0.834. The Hall–Kier alpha value is -2.19. The highest BCUT2D eigenvalue weighted by Gasteiger charge is 2.11. The largest absolute Gasteiger partial charge is 0.421 e. The number of aryl methyl sites for hydroxylation is 1. The standard InChI is InChI=1S/C12H7ClFN3O/c1-7-5-8(6-15)17-12(16-7)18-10-4-2-3-9(13)11(10)14/h2-5H,1H3. The summed E-state index contributed by atoms with van der Waals surface area (Å²) in [6.45, 7) is 1.68. The molecule has 0 unspecified atom stereocenters. The van der Waals surface area contributed by atoms with Crippen molar-refractivity contribution >= 4 is 11.6 Å². The molecule has 0 amide bonds. The molecule has 0 saturated heterocycles. The van der Waals surface area contributed by atoms with Gasteiger partial charge in [-0.1, -0.05) is 17.7 Å². The van der Waals surface area contributed by atoms with Gasteiger partial charge >= 0.3 is 6.01 Å². The highest BCUT2D eigenvalue weighted by atomic mass is 35.5. The van der Waals surface area contributed by atoms with Gasteiger partial charge in [0.15, 0.2) is 11.6 Å². The summed E-state index contributed by atoms with van der Waals surface area (Å²) in [5.41, 5.74) is 0.707. The van der Waals surface area contributed by atoms with Crippen molar-refractivity contribution in [2.24, 2.45) is 0 Å². The lowest BCUT2D eigenvalue weighted by atomic mass is 10.3. The van der Waals surface area contributed by atoms with Gasteiger partial charge in [0, 0.05) is 5.69 Å². The van der Waals surface area contributed by atoms with Crippen LogP contribution in [0.25, 0.3) is 0 Å². The van der Waals surface area contributed by atoms with E-state index in [-0.39, 0.29) is 22.5 Å². The maximum absolute atomic E-state index is 13.6. The van der Waals surface area contributed by atoms with Crippen LogP contribution in [0.15, 0.2) is 24.3 Å². The van der Waals surface area contributed by atoms with E-state index in [9.17, 15) is 4.39 Å². The summed E-state index contributed by atoms with van der Waals surface area (Å²) in [4.78, 5) is 7.77. The van der Waals surface area contributed by atoms with E-state index in [0.717, 1.165) is 0 Å². The fourth-order valence-electron chi connectivity index (χ4n) is 1.31. The molecule has 1 aromatic carbocycles. The van der Waals surface area contributed by atoms with Crippen LogP contribution in [0.2, 0.25) is 5.02 Å². The summed E-state index contributed by atoms with van der Waals surface area (Å²) < 4.78 is 18.8. The van der Waals surface area contributed by atoms with Crippen LogP contribution in [0.4, 0.5) is 4.39 Å². The van der Waals surface area contributed by atoms with Crippen LogP contribution in [0.3, 0.4) is 0 Å². The Morgan fingerprint density at radius 2 is 2.17 bits per heavy atom. The summed E-state index contributed by atoms with van der Waals surface area (Å²) in [5.74, 6) is -0.778. The van der Waals surface area contributed by atoms with Crippen molar-refractivity contribution < 1.29 is 9.13 Å². The van der Waals surface area contributed by atoms with E-state index in [1.54, 1.807) is 13.0 Å². The SMILES string of the molecule is Cc1cc(C#N)nc(Oc2cccc(Cl)c2F)n1. The molecule has 0 aliphatic heterocycles. The first kappa shape index (κ1) is 12.3. The van der Waals surface area contributed by atoms with Gasteiger partial charge in [0.05, 0.1) is 5.02 Å². The van der Waals surface area contributed by atoms with Gasteiger partial charge in [0.1, 0.15) is 11.8 Å². The molecule has 4 nitrogen and oxygen atoms in total. The zero-order valence-corrected chi connectivity index (χ0v) is 10.1. The van der Waals surface area contributed by atoms with E-state index in [4.69, 9.17) is 21.6 Å². The molecule has 6 heteroatoms. The van der Waals surface area contributed by atoms with Gasteiger partial charge in [-0.05, 0) is 25.1 Å². The Morgan fingerprint density at radius 3 is 2.89 bits per heavy atom. The van der Waals surface area contributed by atoms with Crippen LogP contribution in [0.1, 0.15) is 11.4 Å². The van der Waals surface area contributed by atoms with Crippen LogP contribution in [0.5, 0.6) is 11.8 Å². The van der Waals surface area contributed by atoms with Crippen LogP contribution in [-0.2, 0) is 0 Å². The highest BCUT2D eigenvalue weighted by Crippen LogP contribution is 2.27. The third-order valence-electron chi connectivity index (χ3n) is 2.07. The number of benzene rings is 1. The van der Waals surface area contributed by atoms with Crippen molar-refractivity contribution in [2.45, 2.75) is 6.92 Å². The second-order valence-corrected chi connectivity index (χ2v) is 3.85. The molecule has 2 rings (SSSR count). The Morgan fingerprint density at radius 1 is 1.39 bits per heavy atom. The summed E-state index contributed by atoms with van der Waals surface area (Å²) >= 11 is 5.62. The second-order valence-electron chi connectivity index (χ2n) is 3.44. The van der Waals surface area contributed by atoms with Gasteiger partial charge in [-0.25, -0.2) is 9.37 Å². The smallest absolute Gasteiger partial charge is 0.323 e. The predicted octanol–water partition coefficient (Wildman–Crippen LogP) is 3.24. The van der Waals surface area contributed by atoms with Crippen molar-refractivity contribution in [1.29, 1.82) is 5.26 Å². The Kier molecular flexibility index (Phi) is 3.40. The number of aromatic nitrogens is 2. The molecule has 1 heterocycles. The van der Waals surface area contributed by atoms with Gasteiger partial charge in [0.2, 0.25) is 0 Å². The monoisotopic (exact) mass is 263 g/mol. The zero-order chi connectivity index (χ0) is 13.1. The lowest BCUT2D eigenvalue weighted by Gasteiger charge is -2.06. The van der Waals surface area contributed by atoms with Gasteiger partial charge in [-0.3, -0.25) is 0 Å². The number of halogens is 2. The van der Waals surface area contributed by atoms with E-state index in [0.29, 0.717) is 5.69 Å². The first-order chi connectivity index (χ1) is 8.60. The highest BCUT2D eigenvalue weighted by molar-refractivity contribution is 6.30. The van der Waals surface area contributed by atoms with Crippen LogP contribution >= 0.6 is 11.6 Å². The van der Waals surface area contributed by atoms with Crippen LogP contribution in [-0.4, -0.2) is 9.97 Å². The van der Waals surface area contributed by atoms with Gasteiger partial charge in [-0.15, -0.1) is 0 Å². The average molecular weight is 264 g/mol. The third-order valence-corrected chi connectivity index (χ3v) is 2.36. The van der Waals surface area contributed by atoms with Crippen molar-refractivity contribution in [2.75, 3.05) is 0 Å². The first-order valence-electron chi connectivity index (χ1n) is 4.98. The first-order valence-corrected chi connectivity index (χ1v) is 5.35. The molecule has 0 atom stereocenters. The van der Waals surface area contributed by atoms with Gasteiger partial charge in [-0.2, -0.15) is 10.2 Å². The number of ether oxygens (including phenoxy) is 1. The fraction of sp³-hybridized carbons (Fsp3) is 0.0833. The summed E-state index contributed by atoms with van der Waals surface area (Å²) in [5, 5.41) is 8.71. The maximum atomic E-state index is 13.6. The molecular weight excluding hydrogens is 257 g/mol. The van der Waals surface area contributed by atoms with E-state index >= 15 is 0 Å². The van der Waals surface area contributed by atoms with Crippen molar-refractivity contribution in [3.05, 3.63) is 46.5 Å². The van der Waals surface area contributed by atoms with E-state index in [1.165, 1.54) is 18.2 Å². The minimum atomic E-state index is -0.692. The molecule has 2 aromatic rings. The molecule has 0 bridgehead atoms. The number of hydrogen-bond donors (Lipinski definition) is 0. The number of hydrogen-bond acceptors (Lipinski definition) is 4. The van der Waals surface area contributed by atoms with Crippen LogP contribution in [0, 0.1) is 24.1 Å². The summed E-state index contributed by atoms with van der Waals surface area (Å²) in [6.07, 6.45) is 0. The zero-order valence-electron chi connectivity index (χ0n) is 9.32. The van der Waals surface area contributed by atoms with E-state index < -0.39 is 5.82 Å². The summed E-state index contributed by atoms with van der Waals surface area (Å²) in [7, 11) is 0. The normalized spacial score (nSPS) is 9.89. The van der Waals surface area contributed by atoms with Gasteiger partial charge in [0.25, 0.3) is 0 Å². The number of nitrogens with zero attached hydrogens (tertiary/aromatic N) is 3. The summed E-state index contributed by atoms with van der Waals surface area (Å²) in [6, 6.07) is 7.63. The molecule has 0 aliphatic carbocycles. The maximum Gasteiger partial charge on any atom is 0.323 e. The minimum absolute atomic E-state index is 0.0549. The van der Waals surface area contributed by atoms with Crippen LogP contribution < -0.4 is 4.74 Å². The van der Waals surface area contributed by atoms with E-state index in [2.05, 4.69) is 9.97 Å². The Bertz CT molecular complexity index is 640. The van der Waals surface area contributed by atoms with Crippen molar-refractivity contribution in [1.82, 2.24) is 9.97 Å². The Balaban J connectivity index is 2.37. The molecular formula is C12H7ClFN3O. The molecule has 0 saturated carbocycles.